The van der Waals surface area contributed by atoms with Gasteiger partial charge in [-0.05, 0) is 59.3 Å². The van der Waals surface area contributed by atoms with Crippen LogP contribution in [-0.4, -0.2) is 35.7 Å². The summed E-state index contributed by atoms with van der Waals surface area (Å²) in [6.45, 7) is 7.43. The van der Waals surface area contributed by atoms with Crippen molar-refractivity contribution in [3.63, 3.8) is 0 Å². The van der Waals surface area contributed by atoms with Crippen LogP contribution in [-0.2, 0) is 28.6 Å². The van der Waals surface area contributed by atoms with Crippen LogP contribution in [0, 0.1) is 29.1 Å². The van der Waals surface area contributed by atoms with E-state index in [4.69, 9.17) is 14.2 Å². The van der Waals surface area contributed by atoms with Gasteiger partial charge >= 0.3 is 17.9 Å². The highest BCUT2D eigenvalue weighted by Crippen LogP contribution is 2.59. The fourth-order valence-electron chi connectivity index (χ4n) is 5.60. The fraction of sp³-hybridized carbons (Fsp3) is 0.857. The minimum absolute atomic E-state index is 0.0426. The van der Waals surface area contributed by atoms with Gasteiger partial charge in [-0.15, -0.1) is 0 Å². The van der Waals surface area contributed by atoms with E-state index in [9.17, 15) is 14.4 Å². The average molecular weight is 378 g/mol. The molecule has 0 aromatic rings. The molecule has 3 aliphatic carbocycles. The number of fused-ring (bicyclic) bond motifs is 1. The van der Waals surface area contributed by atoms with Crippen molar-refractivity contribution in [2.24, 2.45) is 29.1 Å². The van der Waals surface area contributed by atoms with Gasteiger partial charge in [0.15, 0.2) is 0 Å². The summed E-state index contributed by atoms with van der Waals surface area (Å²) in [5, 5.41) is 0. The molecule has 6 heteroatoms. The number of rotatable bonds is 4. The molecule has 0 aromatic carbocycles. The van der Waals surface area contributed by atoms with Gasteiger partial charge < -0.3 is 14.2 Å². The van der Waals surface area contributed by atoms with Gasteiger partial charge in [-0.2, -0.15) is 0 Å². The Morgan fingerprint density at radius 1 is 1.19 bits per heavy atom. The molecule has 27 heavy (non-hydrogen) atoms. The van der Waals surface area contributed by atoms with Crippen molar-refractivity contribution in [2.75, 3.05) is 0 Å². The maximum absolute atomic E-state index is 13.1. The molecule has 150 valence electrons. The topological polar surface area (TPSA) is 78.9 Å². The van der Waals surface area contributed by atoms with Crippen molar-refractivity contribution >= 4 is 17.9 Å². The van der Waals surface area contributed by atoms with Gasteiger partial charge in [-0.25, -0.2) is 0 Å². The zero-order valence-electron chi connectivity index (χ0n) is 16.7. The molecule has 3 saturated carbocycles. The summed E-state index contributed by atoms with van der Waals surface area (Å²) in [6.07, 6.45) is 4.43. The lowest BCUT2D eigenvalue weighted by Gasteiger charge is -2.35. The number of carbonyl (C=O) groups excluding carboxylic acids is 3. The predicted molar refractivity (Wildman–Crippen MR) is 95.4 cm³/mol. The van der Waals surface area contributed by atoms with Crippen LogP contribution in [0.1, 0.15) is 66.2 Å². The quantitative estimate of drug-likeness (QED) is 0.553. The molecular formula is C21H30O6. The molecule has 0 N–H and O–H groups in total. The first-order valence-electron chi connectivity index (χ1n) is 10.3. The fourth-order valence-corrected chi connectivity index (χ4v) is 5.60. The van der Waals surface area contributed by atoms with Crippen molar-refractivity contribution in [2.45, 2.75) is 84.0 Å². The second-order valence-corrected chi connectivity index (χ2v) is 9.80. The highest BCUT2D eigenvalue weighted by Gasteiger charge is 2.70. The van der Waals surface area contributed by atoms with E-state index in [0.29, 0.717) is 6.42 Å². The maximum Gasteiger partial charge on any atom is 0.311 e. The molecule has 0 aromatic heterocycles. The van der Waals surface area contributed by atoms with Gasteiger partial charge in [-0.1, -0.05) is 6.92 Å². The van der Waals surface area contributed by atoms with E-state index in [1.165, 1.54) is 0 Å². The summed E-state index contributed by atoms with van der Waals surface area (Å²) in [5.41, 5.74) is -1.03. The van der Waals surface area contributed by atoms with E-state index in [0.717, 1.165) is 32.1 Å². The van der Waals surface area contributed by atoms with Gasteiger partial charge in [0.1, 0.15) is 17.8 Å². The lowest BCUT2D eigenvalue weighted by molar-refractivity contribution is -0.178. The van der Waals surface area contributed by atoms with Crippen LogP contribution in [0.15, 0.2) is 0 Å². The standard InChI is InChI=1S/C21H30O6/c1-5-21(8-6-7-9-21)27-18(23)14-12-10-11-13(14)17(22)25-15(11)16(12)26-19(24)20(2,3)4/h11-16H,5-10H2,1-4H3. The molecule has 6 atom stereocenters. The summed E-state index contributed by atoms with van der Waals surface area (Å²) in [4.78, 5) is 38.0. The van der Waals surface area contributed by atoms with E-state index in [-0.39, 0.29) is 29.7 Å². The molecule has 0 amide bonds. The minimum atomic E-state index is -0.643. The molecule has 4 rings (SSSR count). The summed E-state index contributed by atoms with van der Waals surface area (Å²) >= 11 is 0. The van der Waals surface area contributed by atoms with Crippen molar-refractivity contribution in [1.29, 1.82) is 0 Å². The molecular weight excluding hydrogens is 348 g/mol. The Labute approximate surface area is 160 Å². The lowest BCUT2D eigenvalue weighted by atomic mass is 9.78. The summed E-state index contributed by atoms with van der Waals surface area (Å²) in [5.74, 6) is -2.18. The maximum atomic E-state index is 13.1. The highest BCUT2D eigenvalue weighted by atomic mass is 16.6. The minimum Gasteiger partial charge on any atom is -0.459 e. The highest BCUT2D eigenvalue weighted by molar-refractivity contribution is 5.86. The smallest absolute Gasteiger partial charge is 0.311 e. The van der Waals surface area contributed by atoms with Crippen molar-refractivity contribution < 1.29 is 28.6 Å². The largest absolute Gasteiger partial charge is 0.459 e. The number of hydrogen-bond acceptors (Lipinski definition) is 6. The number of ether oxygens (including phenoxy) is 3. The van der Waals surface area contributed by atoms with Crippen molar-refractivity contribution in [1.82, 2.24) is 0 Å². The molecule has 1 aliphatic heterocycles. The van der Waals surface area contributed by atoms with Crippen LogP contribution in [0.5, 0.6) is 0 Å². The summed E-state index contributed by atoms with van der Waals surface area (Å²) in [6, 6.07) is 0. The number of hydrogen-bond donors (Lipinski definition) is 0. The van der Waals surface area contributed by atoms with Gasteiger partial charge in [-0.3, -0.25) is 14.4 Å². The zero-order chi connectivity index (χ0) is 19.6. The van der Waals surface area contributed by atoms with Crippen LogP contribution < -0.4 is 0 Å². The molecule has 4 aliphatic rings. The number of carbonyl (C=O) groups is 3. The Morgan fingerprint density at radius 3 is 2.44 bits per heavy atom. The van der Waals surface area contributed by atoms with Gasteiger partial charge in [0.05, 0.1) is 17.3 Å². The zero-order valence-corrected chi connectivity index (χ0v) is 16.7. The molecule has 1 saturated heterocycles. The summed E-state index contributed by atoms with van der Waals surface area (Å²) in [7, 11) is 0. The van der Waals surface area contributed by atoms with E-state index < -0.39 is 35.1 Å². The molecule has 4 fully saturated rings. The van der Waals surface area contributed by atoms with Crippen LogP contribution in [0.4, 0.5) is 0 Å². The van der Waals surface area contributed by atoms with E-state index >= 15 is 0 Å². The first-order valence-corrected chi connectivity index (χ1v) is 10.3. The van der Waals surface area contributed by atoms with E-state index in [1.807, 2.05) is 6.92 Å². The van der Waals surface area contributed by atoms with Crippen LogP contribution in [0.3, 0.4) is 0 Å². The van der Waals surface area contributed by atoms with Crippen molar-refractivity contribution in [3.05, 3.63) is 0 Å². The van der Waals surface area contributed by atoms with Crippen LogP contribution in [0.25, 0.3) is 0 Å². The van der Waals surface area contributed by atoms with Crippen molar-refractivity contribution in [3.8, 4) is 0 Å². The normalized spacial score (nSPS) is 38.7. The second-order valence-electron chi connectivity index (χ2n) is 9.80. The molecule has 0 spiro atoms. The van der Waals surface area contributed by atoms with Gasteiger partial charge in [0.25, 0.3) is 0 Å². The SMILES string of the molecule is CCC1(OC(=O)C2C3CC4C(OC(=O)C42)C3OC(=O)C(C)(C)C)CCCC1. The monoisotopic (exact) mass is 378 g/mol. The third-order valence-corrected chi connectivity index (χ3v) is 7.15. The van der Waals surface area contributed by atoms with Gasteiger partial charge in [0.2, 0.25) is 0 Å². The van der Waals surface area contributed by atoms with E-state index in [1.54, 1.807) is 20.8 Å². The van der Waals surface area contributed by atoms with Crippen LogP contribution >= 0.6 is 0 Å². The van der Waals surface area contributed by atoms with Gasteiger partial charge in [0, 0.05) is 11.8 Å². The third-order valence-electron chi connectivity index (χ3n) is 7.15. The Bertz CT molecular complexity index is 656. The summed E-state index contributed by atoms with van der Waals surface area (Å²) < 4.78 is 17.3. The Kier molecular flexibility index (Phi) is 4.32. The lowest BCUT2D eigenvalue weighted by Crippen LogP contribution is -2.46. The van der Waals surface area contributed by atoms with Crippen LogP contribution in [0.2, 0.25) is 0 Å². The second kappa shape index (κ2) is 6.21. The number of esters is 3. The first-order chi connectivity index (χ1) is 12.7. The molecule has 6 unspecified atom stereocenters. The molecule has 0 radical (unpaired) electrons. The first kappa shape index (κ1) is 18.8. The predicted octanol–water partition coefficient (Wildman–Crippen LogP) is 3.02. The molecule has 6 nitrogen and oxygen atoms in total. The van der Waals surface area contributed by atoms with E-state index in [2.05, 4.69) is 0 Å². The third kappa shape index (κ3) is 2.87. The Hall–Kier alpha value is -1.59. The molecule has 1 heterocycles. The Balaban J connectivity index is 1.55. The average Bonchev–Trinajstić information content (AvgIpc) is 3.31. The Morgan fingerprint density at radius 2 is 1.85 bits per heavy atom. The molecule has 2 bridgehead atoms.